The van der Waals surface area contributed by atoms with Crippen molar-refractivity contribution in [3.05, 3.63) is 36.0 Å². The van der Waals surface area contributed by atoms with E-state index in [0.29, 0.717) is 19.4 Å². The van der Waals surface area contributed by atoms with Crippen LogP contribution in [0, 0.1) is 11.8 Å². The number of nitrogens with one attached hydrogen (secondary N) is 6. The zero-order valence-corrected chi connectivity index (χ0v) is 25.9. The molecule has 0 aliphatic carbocycles. The highest BCUT2D eigenvalue weighted by atomic mass is 16.2. The molecule has 4 rings (SSSR count). The van der Waals surface area contributed by atoms with Gasteiger partial charge in [0.05, 0.1) is 6.54 Å². The van der Waals surface area contributed by atoms with E-state index in [-0.39, 0.29) is 18.3 Å². The number of H-pyrrole nitrogens is 1. The number of hydrogen-bond acceptors (Lipinski definition) is 6. The number of aromatic nitrogens is 1. The van der Waals surface area contributed by atoms with Crippen molar-refractivity contribution >= 4 is 46.3 Å². The Bertz CT molecular complexity index is 1420. The second-order valence-corrected chi connectivity index (χ2v) is 12.3. The van der Waals surface area contributed by atoms with Gasteiger partial charge in [0.2, 0.25) is 35.4 Å². The molecule has 0 bridgehead atoms. The molecule has 0 radical (unpaired) electrons. The molecule has 6 N–H and O–H groups in total. The Balaban J connectivity index is 1.66. The minimum atomic E-state index is -1.09. The van der Waals surface area contributed by atoms with E-state index in [4.69, 9.17) is 0 Å². The van der Waals surface area contributed by atoms with Gasteiger partial charge in [0.15, 0.2) is 0 Å². The summed E-state index contributed by atoms with van der Waals surface area (Å²) in [4.78, 5) is 84.7. The number of nitrogens with zero attached hydrogens (tertiary/aromatic N) is 1. The van der Waals surface area contributed by atoms with Crippen LogP contribution in [0.25, 0.3) is 10.9 Å². The molecule has 2 aliphatic heterocycles. The van der Waals surface area contributed by atoms with Gasteiger partial charge in [0.25, 0.3) is 0 Å². The number of aromatic amines is 1. The Morgan fingerprint density at radius 2 is 1.52 bits per heavy atom. The van der Waals surface area contributed by atoms with Gasteiger partial charge in [-0.25, -0.2) is 0 Å². The van der Waals surface area contributed by atoms with Crippen LogP contribution in [0.2, 0.25) is 0 Å². The first kappa shape index (κ1) is 32.5. The van der Waals surface area contributed by atoms with Crippen molar-refractivity contribution in [3.8, 4) is 0 Å². The average molecular weight is 610 g/mol. The van der Waals surface area contributed by atoms with Crippen LogP contribution in [-0.4, -0.2) is 88.6 Å². The van der Waals surface area contributed by atoms with Gasteiger partial charge in [0, 0.05) is 30.1 Å². The second kappa shape index (κ2) is 13.9. The molecule has 238 valence electrons. The third kappa shape index (κ3) is 7.37. The van der Waals surface area contributed by atoms with Crippen LogP contribution in [0.1, 0.15) is 53.0 Å². The lowest BCUT2D eigenvalue weighted by Gasteiger charge is -2.32. The van der Waals surface area contributed by atoms with Crippen LogP contribution in [-0.2, 0) is 35.2 Å². The van der Waals surface area contributed by atoms with E-state index in [2.05, 4.69) is 31.6 Å². The van der Waals surface area contributed by atoms with Crippen molar-refractivity contribution in [3.63, 3.8) is 0 Å². The molecule has 0 saturated carbocycles. The van der Waals surface area contributed by atoms with Gasteiger partial charge in [-0.2, -0.15) is 0 Å². The van der Waals surface area contributed by atoms with Gasteiger partial charge in [-0.15, -0.1) is 0 Å². The molecule has 13 nitrogen and oxygen atoms in total. The maximum atomic E-state index is 13.7. The van der Waals surface area contributed by atoms with Crippen LogP contribution in [0.3, 0.4) is 0 Å². The topological polar surface area (TPSA) is 182 Å². The van der Waals surface area contributed by atoms with E-state index in [9.17, 15) is 28.8 Å². The number of fused-ring (bicyclic) bond motifs is 2. The van der Waals surface area contributed by atoms with Crippen LogP contribution in [0.15, 0.2) is 30.5 Å². The van der Waals surface area contributed by atoms with Crippen LogP contribution >= 0.6 is 0 Å². The Morgan fingerprint density at radius 1 is 0.818 bits per heavy atom. The summed E-state index contributed by atoms with van der Waals surface area (Å²) < 4.78 is 0. The van der Waals surface area contributed by atoms with Crippen molar-refractivity contribution in [1.82, 2.24) is 36.5 Å². The lowest BCUT2D eigenvalue weighted by molar-refractivity contribution is -0.143. The fraction of sp³-hybridized carbons (Fsp3) is 0.548. The van der Waals surface area contributed by atoms with Crippen LogP contribution in [0.5, 0.6) is 0 Å². The first-order chi connectivity index (χ1) is 20.9. The van der Waals surface area contributed by atoms with E-state index in [1.54, 1.807) is 33.9 Å². The van der Waals surface area contributed by atoms with Gasteiger partial charge in [0.1, 0.15) is 30.2 Å². The summed E-state index contributed by atoms with van der Waals surface area (Å²) in [6.45, 7) is 8.50. The highest BCUT2D eigenvalue weighted by Gasteiger charge is 2.40. The minimum absolute atomic E-state index is 0.110. The van der Waals surface area contributed by atoms with E-state index < -0.39 is 72.2 Å². The summed E-state index contributed by atoms with van der Waals surface area (Å²) in [6, 6.07) is 2.68. The van der Waals surface area contributed by atoms with Crippen molar-refractivity contribution in [2.75, 3.05) is 13.1 Å². The fourth-order valence-corrected chi connectivity index (χ4v) is 5.70. The predicted molar refractivity (Wildman–Crippen MR) is 163 cm³/mol. The summed E-state index contributed by atoms with van der Waals surface area (Å²) in [6.07, 6.45) is 2.87. The fourth-order valence-electron chi connectivity index (χ4n) is 5.70. The summed E-state index contributed by atoms with van der Waals surface area (Å²) in [5, 5.41) is 14.3. The third-order valence-electron chi connectivity index (χ3n) is 8.24. The maximum Gasteiger partial charge on any atom is 0.246 e. The molecule has 2 saturated heterocycles. The molecule has 5 atom stereocenters. The molecule has 0 unspecified atom stereocenters. The Morgan fingerprint density at radius 3 is 2.23 bits per heavy atom. The standard InChI is InChI=1S/C31H43N7O6/c1-16(2)25-30(43)35-22(13-19-14-32-21-10-7-6-9-20(19)21)28(41)34-18(5)27(40)33-15-24(39)36-26(17(3)4)31(44)38-12-8-11-23(38)29(42)37-25/h6-7,9-10,14,16-18,22-23,25-26,32H,8,11-13,15H2,1-5H3,(H,33,40)(H,34,41)(H,35,43)(H,36,39)(H,37,42)/t18-,22-,23-,25-,26-/m0/s1. The van der Waals surface area contributed by atoms with Crippen molar-refractivity contribution in [2.45, 2.75) is 84.1 Å². The first-order valence-electron chi connectivity index (χ1n) is 15.2. The molecule has 0 spiro atoms. The average Bonchev–Trinajstić information content (AvgIpc) is 3.63. The Labute approximate surface area is 256 Å². The first-order valence-corrected chi connectivity index (χ1v) is 15.2. The van der Waals surface area contributed by atoms with Crippen molar-refractivity contribution in [1.29, 1.82) is 0 Å². The van der Waals surface area contributed by atoms with E-state index in [1.165, 1.54) is 11.8 Å². The molecule has 13 heteroatoms. The van der Waals surface area contributed by atoms with Gasteiger partial charge in [-0.05, 0) is 43.2 Å². The lowest BCUT2D eigenvalue weighted by Crippen LogP contribution is -2.61. The largest absolute Gasteiger partial charge is 0.361 e. The molecule has 3 heterocycles. The molecule has 2 aliphatic rings. The summed E-state index contributed by atoms with van der Waals surface area (Å²) in [5.41, 5.74) is 1.64. The highest BCUT2D eigenvalue weighted by Crippen LogP contribution is 2.22. The number of hydrogen-bond donors (Lipinski definition) is 6. The van der Waals surface area contributed by atoms with Crippen molar-refractivity contribution in [2.24, 2.45) is 11.8 Å². The number of benzene rings is 1. The number of amides is 6. The second-order valence-electron chi connectivity index (χ2n) is 12.3. The monoisotopic (exact) mass is 609 g/mol. The normalized spacial score (nSPS) is 26.4. The van der Waals surface area contributed by atoms with Crippen molar-refractivity contribution < 1.29 is 28.8 Å². The SMILES string of the molecule is CC(C)[C@@H]1NC(=O)[C@@H]2CCCN2C(=O)[C@H](C(C)C)NC(=O)CNC(=O)[C@H](C)NC(=O)[C@H](Cc2c[nH]c3ccccc23)NC1=O. The van der Waals surface area contributed by atoms with Crippen LogP contribution in [0.4, 0.5) is 0 Å². The molecule has 1 aromatic heterocycles. The number of para-hydroxylation sites is 1. The molecular formula is C31H43N7O6. The van der Waals surface area contributed by atoms with Gasteiger partial charge >= 0.3 is 0 Å². The molecule has 1 aromatic carbocycles. The predicted octanol–water partition coefficient (Wildman–Crippen LogP) is 0.102. The number of carbonyl (C=O) groups excluding carboxylic acids is 6. The highest BCUT2D eigenvalue weighted by molar-refractivity contribution is 5.98. The van der Waals surface area contributed by atoms with Gasteiger partial charge in [-0.1, -0.05) is 45.9 Å². The van der Waals surface area contributed by atoms with E-state index in [1.807, 2.05) is 24.3 Å². The molecular weight excluding hydrogens is 566 g/mol. The zero-order valence-electron chi connectivity index (χ0n) is 25.9. The molecule has 6 amide bonds. The maximum absolute atomic E-state index is 13.7. The minimum Gasteiger partial charge on any atom is -0.361 e. The molecule has 2 aromatic rings. The smallest absolute Gasteiger partial charge is 0.246 e. The van der Waals surface area contributed by atoms with Gasteiger partial charge in [-0.3, -0.25) is 28.8 Å². The van der Waals surface area contributed by atoms with Crippen LogP contribution < -0.4 is 26.6 Å². The molecule has 2 fully saturated rings. The number of carbonyl (C=O) groups is 6. The summed E-state index contributed by atoms with van der Waals surface area (Å²) in [7, 11) is 0. The summed E-state index contributed by atoms with van der Waals surface area (Å²) >= 11 is 0. The van der Waals surface area contributed by atoms with E-state index in [0.717, 1.165) is 16.5 Å². The summed E-state index contributed by atoms with van der Waals surface area (Å²) in [5.74, 6) is -3.85. The van der Waals surface area contributed by atoms with E-state index >= 15 is 0 Å². The lowest BCUT2D eigenvalue weighted by atomic mass is 9.99. The number of rotatable bonds is 4. The third-order valence-corrected chi connectivity index (χ3v) is 8.24. The Kier molecular flexibility index (Phi) is 10.3. The van der Waals surface area contributed by atoms with Gasteiger partial charge < -0.3 is 36.5 Å². The molecule has 44 heavy (non-hydrogen) atoms. The quantitative estimate of drug-likeness (QED) is 0.286. The zero-order chi connectivity index (χ0) is 32.1. The Hall–Kier alpha value is -4.42.